The van der Waals surface area contributed by atoms with Crippen LogP contribution in [0.4, 0.5) is 0 Å². The highest BCUT2D eigenvalue weighted by atomic mass is 16.7. The molecule has 0 saturated carbocycles. The highest BCUT2D eigenvalue weighted by Crippen LogP contribution is 2.24. The molecule has 1 aliphatic heterocycles. The van der Waals surface area contributed by atoms with E-state index >= 15 is 0 Å². The third-order valence-corrected chi connectivity index (χ3v) is 2.24. The van der Waals surface area contributed by atoms with Gasteiger partial charge in [0.15, 0.2) is 5.79 Å². The van der Waals surface area contributed by atoms with Crippen LogP contribution in [0.2, 0.25) is 0 Å². The van der Waals surface area contributed by atoms with Gasteiger partial charge in [-0.15, -0.1) is 0 Å². The van der Waals surface area contributed by atoms with Crippen molar-refractivity contribution in [3.8, 4) is 0 Å². The summed E-state index contributed by atoms with van der Waals surface area (Å²) < 4.78 is 10.9. The Morgan fingerprint density at radius 2 is 2.08 bits per heavy atom. The molecule has 1 aliphatic rings. The van der Waals surface area contributed by atoms with Gasteiger partial charge in [-0.1, -0.05) is 11.6 Å². The van der Waals surface area contributed by atoms with E-state index in [2.05, 4.69) is 0 Å². The van der Waals surface area contributed by atoms with E-state index in [1.807, 2.05) is 19.9 Å². The third kappa shape index (κ3) is 3.46. The van der Waals surface area contributed by atoms with E-state index in [0.717, 1.165) is 18.4 Å². The fraction of sp³-hybridized carbons (Fsp3) is 0.800. The lowest BCUT2D eigenvalue weighted by molar-refractivity contribution is -0.145. The Kier molecular flexibility index (Phi) is 3.90. The largest absolute Gasteiger partial charge is 0.392 e. The van der Waals surface area contributed by atoms with Crippen LogP contribution in [0.15, 0.2) is 11.6 Å². The molecule has 0 aliphatic carbocycles. The predicted octanol–water partition coefficient (Wildman–Crippen LogP) is 1.47. The standard InChI is InChI=1S/C10H18O3/c1-9(8-11)4-3-5-10(2)12-6-7-13-10/h4,11H,3,5-8H2,1-2H3/b9-4-. The van der Waals surface area contributed by atoms with Crippen LogP contribution >= 0.6 is 0 Å². The summed E-state index contributed by atoms with van der Waals surface area (Å²) in [4.78, 5) is 0. The van der Waals surface area contributed by atoms with E-state index in [1.54, 1.807) is 0 Å². The molecule has 0 atom stereocenters. The van der Waals surface area contributed by atoms with Crippen molar-refractivity contribution in [1.82, 2.24) is 0 Å². The van der Waals surface area contributed by atoms with Crippen molar-refractivity contribution in [1.29, 1.82) is 0 Å². The smallest absolute Gasteiger partial charge is 0.166 e. The molecule has 0 radical (unpaired) electrons. The molecule has 76 valence electrons. The summed E-state index contributed by atoms with van der Waals surface area (Å²) in [5.74, 6) is -0.397. The minimum absolute atomic E-state index is 0.137. The molecule has 3 nitrogen and oxygen atoms in total. The molecule has 0 aromatic carbocycles. The van der Waals surface area contributed by atoms with E-state index in [1.165, 1.54) is 0 Å². The van der Waals surface area contributed by atoms with Gasteiger partial charge in [-0.05, 0) is 20.3 Å². The Morgan fingerprint density at radius 3 is 2.62 bits per heavy atom. The van der Waals surface area contributed by atoms with Gasteiger partial charge in [-0.3, -0.25) is 0 Å². The van der Waals surface area contributed by atoms with Crippen LogP contribution in [0.1, 0.15) is 26.7 Å². The lowest BCUT2D eigenvalue weighted by atomic mass is 10.1. The van der Waals surface area contributed by atoms with Crippen molar-refractivity contribution in [2.75, 3.05) is 19.8 Å². The molecule has 1 rings (SSSR count). The first-order valence-corrected chi connectivity index (χ1v) is 4.71. The van der Waals surface area contributed by atoms with Gasteiger partial charge in [-0.25, -0.2) is 0 Å². The van der Waals surface area contributed by atoms with Gasteiger partial charge in [0, 0.05) is 6.42 Å². The molecule has 1 fully saturated rings. The number of hydrogen-bond donors (Lipinski definition) is 1. The van der Waals surface area contributed by atoms with Crippen LogP contribution in [-0.4, -0.2) is 30.7 Å². The molecule has 0 bridgehead atoms. The van der Waals surface area contributed by atoms with Gasteiger partial charge in [0.25, 0.3) is 0 Å². The molecule has 1 heterocycles. The Labute approximate surface area is 79.3 Å². The van der Waals surface area contributed by atoms with E-state index in [0.29, 0.717) is 13.2 Å². The Bertz CT molecular complexity index is 181. The molecule has 0 aromatic heterocycles. The number of rotatable bonds is 4. The van der Waals surface area contributed by atoms with E-state index in [-0.39, 0.29) is 6.61 Å². The summed E-state index contributed by atoms with van der Waals surface area (Å²) in [5, 5.41) is 8.76. The molecule has 1 N–H and O–H groups in total. The zero-order valence-electron chi connectivity index (χ0n) is 8.38. The summed E-state index contributed by atoms with van der Waals surface area (Å²) in [5.41, 5.74) is 1.00. The normalized spacial score (nSPS) is 22.2. The zero-order chi connectivity index (χ0) is 9.73. The van der Waals surface area contributed by atoms with Gasteiger partial charge in [-0.2, -0.15) is 0 Å². The average Bonchev–Trinajstić information content (AvgIpc) is 2.52. The number of aliphatic hydroxyl groups excluding tert-OH is 1. The Balaban J connectivity index is 2.25. The first-order chi connectivity index (χ1) is 6.16. The second kappa shape index (κ2) is 4.74. The second-order valence-electron chi connectivity index (χ2n) is 3.58. The fourth-order valence-electron chi connectivity index (χ4n) is 1.35. The summed E-state index contributed by atoms with van der Waals surface area (Å²) in [6.45, 7) is 5.40. The van der Waals surface area contributed by atoms with E-state index in [9.17, 15) is 0 Å². The van der Waals surface area contributed by atoms with Crippen molar-refractivity contribution in [2.24, 2.45) is 0 Å². The number of ether oxygens (including phenoxy) is 2. The number of hydrogen-bond acceptors (Lipinski definition) is 3. The predicted molar refractivity (Wildman–Crippen MR) is 50.4 cm³/mol. The van der Waals surface area contributed by atoms with Gasteiger partial charge in [0.2, 0.25) is 0 Å². The van der Waals surface area contributed by atoms with Crippen molar-refractivity contribution in [3.63, 3.8) is 0 Å². The van der Waals surface area contributed by atoms with Gasteiger partial charge in [0.1, 0.15) is 0 Å². The molecular weight excluding hydrogens is 168 g/mol. The Hall–Kier alpha value is -0.380. The van der Waals surface area contributed by atoms with Crippen LogP contribution in [0, 0.1) is 0 Å². The molecule has 3 heteroatoms. The summed E-state index contributed by atoms with van der Waals surface area (Å²) >= 11 is 0. The van der Waals surface area contributed by atoms with Crippen molar-refractivity contribution < 1.29 is 14.6 Å². The molecule has 0 unspecified atom stereocenters. The minimum Gasteiger partial charge on any atom is -0.392 e. The van der Waals surface area contributed by atoms with Crippen molar-refractivity contribution in [2.45, 2.75) is 32.5 Å². The monoisotopic (exact) mass is 186 g/mol. The number of aliphatic hydroxyl groups is 1. The second-order valence-corrected chi connectivity index (χ2v) is 3.58. The van der Waals surface area contributed by atoms with Crippen molar-refractivity contribution >= 4 is 0 Å². The molecule has 0 spiro atoms. The van der Waals surface area contributed by atoms with Crippen LogP contribution in [0.3, 0.4) is 0 Å². The fourth-order valence-corrected chi connectivity index (χ4v) is 1.35. The first kappa shape index (κ1) is 10.7. The molecule has 0 aromatic rings. The van der Waals surface area contributed by atoms with Crippen LogP contribution < -0.4 is 0 Å². The van der Waals surface area contributed by atoms with Crippen LogP contribution in [0.25, 0.3) is 0 Å². The maximum absolute atomic E-state index is 8.76. The lowest BCUT2D eigenvalue weighted by Gasteiger charge is -2.21. The Morgan fingerprint density at radius 1 is 1.46 bits per heavy atom. The summed E-state index contributed by atoms with van der Waals surface area (Å²) in [7, 11) is 0. The SMILES string of the molecule is C/C(=C/CCC1(C)OCCO1)CO. The topological polar surface area (TPSA) is 38.7 Å². The van der Waals surface area contributed by atoms with Gasteiger partial charge in [0.05, 0.1) is 19.8 Å². The molecule has 13 heavy (non-hydrogen) atoms. The zero-order valence-corrected chi connectivity index (χ0v) is 8.38. The lowest BCUT2D eigenvalue weighted by Crippen LogP contribution is -2.24. The summed E-state index contributed by atoms with van der Waals surface area (Å²) in [6.07, 6.45) is 3.77. The van der Waals surface area contributed by atoms with Gasteiger partial charge < -0.3 is 14.6 Å². The molecule has 1 saturated heterocycles. The maximum Gasteiger partial charge on any atom is 0.166 e. The highest BCUT2D eigenvalue weighted by Gasteiger charge is 2.29. The maximum atomic E-state index is 8.76. The summed E-state index contributed by atoms with van der Waals surface area (Å²) in [6, 6.07) is 0. The minimum atomic E-state index is -0.397. The first-order valence-electron chi connectivity index (χ1n) is 4.71. The van der Waals surface area contributed by atoms with Gasteiger partial charge >= 0.3 is 0 Å². The van der Waals surface area contributed by atoms with Crippen LogP contribution in [-0.2, 0) is 9.47 Å². The van der Waals surface area contributed by atoms with Crippen molar-refractivity contribution in [3.05, 3.63) is 11.6 Å². The van der Waals surface area contributed by atoms with E-state index in [4.69, 9.17) is 14.6 Å². The quantitative estimate of drug-likeness (QED) is 0.676. The number of allylic oxidation sites excluding steroid dienone is 1. The average molecular weight is 186 g/mol. The highest BCUT2D eigenvalue weighted by molar-refractivity contribution is 4.97. The third-order valence-electron chi connectivity index (χ3n) is 2.24. The molecular formula is C10H18O3. The van der Waals surface area contributed by atoms with E-state index < -0.39 is 5.79 Å². The molecule has 0 amide bonds. The van der Waals surface area contributed by atoms with Crippen LogP contribution in [0.5, 0.6) is 0 Å².